The molecule has 0 aliphatic heterocycles. The predicted molar refractivity (Wildman–Crippen MR) is 84.1 cm³/mol. The zero-order chi connectivity index (χ0) is 13.6. The molecule has 0 saturated carbocycles. The van der Waals surface area contributed by atoms with Gasteiger partial charge in [-0.25, -0.2) is 0 Å². The number of hydrogen-bond donors (Lipinski definition) is 0. The first-order valence-corrected chi connectivity index (χ1v) is 7.11. The van der Waals surface area contributed by atoms with Crippen molar-refractivity contribution in [3.63, 3.8) is 0 Å². The van der Waals surface area contributed by atoms with Gasteiger partial charge in [-0.3, -0.25) is 0 Å². The van der Waals surface area contributed by atoms with Gasteiger partial charge in [-0.15, -0.1) is 0 Å². The quantitative estimate of drug-likeness (QED) is 0.603. The maximum absolute atomic E-state index is 3.32. The highest BCUT2D eigenvalue weighted by atomic mass is 14.1. The minimum Gasteiger partial charge on any atom is -0.0979 e. The molecule has 0 aromatic heterocycles. The highest BCUT2D eigenvalue weighted by Gasteiger charge is 2.06. The van der Waals surface area contributed by atoms with Gasteiger partial charge in [0.15, 0.2) is 0 Å². The average Bonchev–Trinajstić information content (AvgIpc) is 2.49. The first-order valence-electron chi connectivity index (χ1n) is 7.11. The van der Waals surface area contributed by atoms with Crippen molar-refractivity contribution in [1.29, 1.82) is 0 Å². The van der Waals surface area contributed by atoms with Crippen LogP contribution in [0.15, 0.2) is 48.5 Å². The largest absolute Gasteiger partial charge is 0.0979 e. The third kappa shape index (κ3) is 2.76. The second kappa shape index (κ2) is 6.14. The third-order valence-electron chi connectivity index (χ3n) is 3.44. The monoisotopic (exact) mass is 256 g/mol. The Balaban J connectivity index is 2.20. The van der Waals surface area contributed by atoms with E-state index in [0.29, 0.717) is 0 Å². The number of benzene rings is 2. The van der Waals surface area contributed by atoms with Crippen molar-refractivity contribution in [3.8, 4) is 34.8 Å². The lowest BCUT2D eigenvalue weighted by atomic mass is 9.95. The van der Waals surface area contributed by atoms with Crippen molar-refractivity contribution in [2.24, 2.45) is 0 Å². The van der Waals surface area contributed by atoms with E-state index in [1.807, 2.05) is 12.1 Å². The molecular weight excluding hydrogens is 240 g/mol. The predicted octanol–water partition coefficient (Wildman–Crippen LogP) is 4.63. The van der Waals surface area contributed by atoms with Crippen LogP contribution < -0.4 is 0 Å². The second-order valence-corrected chi connectivity index (χ2v) is 4.90. The summed E-state index contributed by atoms with van der Waals surface area (Å²) in [5.41, 5.74) is 4.57. The van der Waals surface area contributed by atoms with E-state index in [-0.39, 0.29) is 0 Å². The van der Waals surface area contributed by atoms with Gasteiger partial charge in [0.05, 0.1) is 0 Å². The minimum atomic E-state index is 0.956. The van der Waals surface area contributed by atoms with Crippen LogP contribution in [0.25, 0.3) is 11.1 Å². The Morgan fingerprint density at radius 1 is 0.600 bits per heavy atom. The van der Waals surface area contributed by atoms with Crippen LogP contribution >= 0.6 is 0 Å². The Bertz CT molecular complexity index is 664. The van der Waals surface area contributed by atoms with E-state index in [1.54, 1.807) is 0 Å². The van der Waals surface area contributed by atoms with Crippen molar-refractivity contribution in [1.82, 2.24) is 0 Å². The van der Waals surface area contributed by atoms with Crippen molar-refractivity contribution >= 4 is 0 Å². The summed E-state index contributed by atoms with van der Waals surface area (Å²) in [5.74, 6) is 13.2. The topological polar surface area (TPSA) is 0 Å². The van der Waals surface area contributed by atoms with Gasteiger partial charge in [0, 0.05) is 24.0 Å². The summed E-state index contributed by atoms with van der Waals surface area (Å²) in [6.07, 6.45) is 4.17. The summed E-state index contributed by atoms with van der Waals surface area (Å²) in [7, 11) is 0. The summed E-state index contributed by atoms with van der Waals surface area (Å²) in [6, 6.07) is 16.7. The Kier molecular flexibility index (Phi) is 3.86. The molecule has 0 saturated heterocycles. The number of rotatable bonds is 0. The lowest BCUT2D eigenvalue weighted by Crippen LogP contribution is -1.89. The molecular formula is C20H16. The summed E-state index contributed by atoms with van der Waals surface area (Å²) in [4.78, 5) is 0. The van der Waals surface area contributed by atoms with Gasteiger partial charge in [-0.05, 0) is 36.1 Å². The fraction of sp³-hybridized carbons (Fsp3) is 0.200. The molecule has 0 N–H and O–H groups in total. The van der Waals surface area contributed by atoms with E-state index in [1.165, 1.54) is 11.1 Å². The smallest absolute Gasteiger partial charge is 0.0324 e. The van der Waals surface area contributed by atoms with Crippen LogP contribution in [0.2, 0.25) is 0 Å². The van der Waals surface area contributed by atoms with Gasteiger partial charge in [-0.1, -0.05) is 60.1 Å². The Morgan fingerprint density at radius 3 is 1.55 bits per heavy atom. The molecule has 0 unspecified atom stereocenters. The van der Waals surface area contributed by atoms with Crippen LogP contribution in [0.1, 0.15) is 36.8 Å². The maximum Gasteiger partial charge on any atom is 0.0324 e. The van der Waals surface area contributed by atoms with Gasteiger partial charge >= 0.3 is 0 Å². The maximum atomic E-state index is 3.32. The second-order valence-electron chi connectivity index (χ2n) is 4.90. The lowest BCUT2D eigenvalue weighted by molar-refractivity contribution is 0.782. The van der Waals surface area contributed by atoms with Gasteiger partial charge in [0.1, 0.15) is 0 Å². The first-order chi connectivity index (χ1) is 9.95. The Hall–Kier alpha value is -2.44. The summed E-state index contributed by atoms with van der Waals surface area (Å²) >= 11 is 0. The van der Waals surface area contributed by atoms with Gasteiger partial charge in [0.25, 0.3) is 0 Å². The molecule has 0 spiro atoms. The molecule has 3 rings (SSSR count). The number of fused-ring (bicyclic) bond motifs is 3. The summed E-state index contributed by atoms with van der Waals surface area (Å²) < 4.78 is 0. The summed E-state index contributed by atoms with van der Waals surface area (Å²) in [5, 5.41) is 0. The molecule has 2 aromatic carbocycles. The minimum absolute atomic E-state index is 0.956. The van der Waals surface area contributed by atoms with Crippen LogP contribution in [-0.2, 0) is 0 Å². The fourth-order valence-electron chi connectivity index (χ4n) is 2.40. The Morgan fingerprint density at radius 2 is 1.05 bits per heavy atom. The van der Waals surface area contributed by atoms with Crippen molar-refractivity contribution in [2.75, 3.05) is 0 Å². The third-order valence-corrected chi connectivity index (χ3v) is 3.44. The highest BCUT2D eigenvalue weighted by Crippen LogP contribution is 2.26. The van der Waals surface area contributed by atoms with Crippen molar-refractivity contribution in [2.45, 2.75) is 25.7 Å². The zero-order valence-electron chi connectivity index (χ0n) is 11.4. The van der Waals surface area contributed by atoms with Crippen LogP contribution in [0, 0.1) is 23.7 Å². The Labute approximate surface area is 120 Å². The van der Waals surface area contributed by atoms with E-state index in [0.717, 1.165) is 36.8 Å². The number of hydrogen-bond acceptors (Lipinski definition) is 0. The molecule has 96 valence electrons. The lowest BCUT2D eigenvalue weighted by Gasteiger charge is -2.08. The normalized spacial score (nSPS) is 13.2. The van der Waals surface area contributed by atoms with Crippen LogP contribution in [0.5, 0.6) is 0 Å². The standard InChI is InChI=1S/C20H16/c1-2-4-6-12-18-14-8-10-16-20(18)19-15-9-7-13-17(19)11-5-3-1/h7-10,13-16H,1-4H2. The van der Waals surface area contributed by atoms with E-state index in [2.05, 4.69) is 60.1 Å². The molecule has 0 nitrogen and oxygen atoms in total. The molecule has 0 radical (unpaired) electrons. The molecule has 0 amide bonds. The van der Waals surface area contributed by atoms with Gasteiger partial charge in [-0.2, -0.15) is 0 Å². The highest BCUT2D eigenvalue weighted by molar-refractivity contribution is 5.76. The molecule has 1 aliphatic carbocycles. The molecule has 0 bridgehead atoms. The fourth-order valence-corrected chi connectivity index (χ4v) is 2.40. The molecule has 0 heterocycles. The molecule has 1 aliphatic rings. The van der Waals surface area contributed by atoms with Gasteiger partial charge < -0.3 is 0 Å². The molecule has 20 heavy (non-hydrogen) atoms. The molecule has 2 aromatic rings. The van der Waals surface area contributed by atoms with E-state index in [9.17, 15) is 0 Å². The van der Waals surface area contributed by atoms with E-state index >= 15 is 0 Å². The zero-order valence-corrected chi connectivity index (χ0v) is 11.4. The van der Waals surface area contributed by atoms with Gasteiger partial charge in [0.2, 0.25) is 0 Å². The SMILES string of the molecule is C1#Cc2ccccc2-c2ccccc2C#CCCCC1. The molecule has 0 atom stereocenters. The molecule has 0 fully saturated rings. The van der Waals surface area contributed by atoms with Crippen LogP contribution in [-0.4, -0.2) is 0 Å². The van der Waals surface area contributed by atoms with E-state index < -0.39 is 0 Å². The van der Waals surface area contributed by atoms with Crippen LogP contribution in [0.3, 0.4) is 0 Å². The van der Waals surface area contributed by atoms with Crippen LogP contribution in [0.4, 0.5) is 0 Å². The van der Waals surface area contributed by atoms with E-state index in [4.69, 9.17) is 0 Å². The molecule has 0 heteroatoms. The average molecular weight is 256 g/mol. The first kappa shape index (κ1) is 12.6. The van der Waals surface area contributed by atoms with Crippen molar-refractivity contribution in [3.05, 3.63) is 59.7 Å². The van der Waals surface area contributed by atoms with Crippen molar-refractivity contribution < 1.29 is 0 Å². The summed E-state index contributed by atoms with van der Waals surface area (Å²) in [6.45, 7) is 0.